The molecule has 3 aromatic rings. The number of carbonyl (C=O) groups excluding carboxylic acids is 2. The van der Waals surface area contributed by atoms with Gasteiger partial charge in [-0.25, -0.2) is 4.79 Å². The zero-order chi connectivity index (χ0) is 24.3. The van der Waals surface area contributed by atoms with Crippen molar-refractivity contribution in [1.29, 1.82) is 0 Å². The monoisotopic (exact) mass is 472 g/mol. The Balaban J connectivity index is 1.09. The summed E-state index contributed by atoms with van der Waals surface area (Å²) in [5.41, 5.74) is 4.88. The smallest absolute Gasteiger partial charge is 0.412 e. The molecule has 1 saturated carbocycles. The van der Waals surface area contributed by atoms with E-state index in [0.717, 1.165) is 22.3 Å². The number of carbonyl (C=O) groups is 3. The quantitative estimate of drug-likeness (QED) is 0.590. The Morgan fingerprint density at radius 2 is 1.63 bits per heavy atom. The number of hydrogen-bond acceptors (Lipinski definition) is 5. The maximum absolute atomic E-state index is 12.9. The van der Waals surface area contributed by atoms with Crippen LogP contribution in [0.3, 0.4) is 0 Å². The summed E-state index contributed by atoms with van der Waals surface area (Å²) in [6, 6.07) is 17.7. The summed E-state index contributed by atoms with van der Waals surface area (Å²) in [5.74, 6) is -1.12. The SMILES string of the molecule is Cn1nc(NC(=O)OCC2c3ccccc3-c3ccccc32)cc1C(=O)N1CC2C(C1)C2C(=O)O. The Labute approximate surface area is 201 Å². The zero-order valence-electron chi connectivity index (χ0n) is 19.0. The number of benzene rings is 2. The van der Waals surface area contributed by atoms with Gasteiger partial charge in [-0.2, -0.15) is 5.10 Å². The van der Waals surface area contributed by atoms with E-state index in [1.54, 1.807) is 11.9 Å². The lowest BCUT2D eigenvalue weighted by Crippen LogP contribution is -2.33. The maximum Gasteiger partial charge on any atom is 0.412 e. The third kappa shape index (κ3) is 3.54. The van der Waals surface area contributed by atoms with Crippen molar-refractivity contribution in [2.75, 3.05) is 25.0 Å². The standard InChI is InChI=1S/C26H24N4O5/c1-29-21(24(31)30-11-18-19(12-30)23(18)25(32)33)10-22(28-29)27-26(34)35-13-20-16-8-4-2-6-14(16)15-7-3-5-9-17(15)20/h2-10,18-20,23H,11-13H2,1H3,(H,32,33)(H,27,28,34). The molecule has 2 N–H and O–H groups in total. The van der Waals surface area contributed by atoms with Gasteiger partial charge in [-0.3, -0.25) is 19.6 Å². The third-order valence-corrected chi connectivity index (χ3v) is 7.44. The van der Waals surface area contributed by atoms with Gasteiger partial charge in [0, 0.05) is 32.1 Å². The van der Waals surface area contributed by atoms with E-state index in [0.29, 0.717) is 18.8 Å². The molecule has 0 radical (unpaired) electrons. The van der Waals surface area contributed by atoms with Crippen LogP contribution in [0.4, 0.5) is 10.6 Å². The van der Waals surface area contributed by atoms with Gasteiger partial charge in [0.15, 0.2) is 5.82 Å². The average molecular weight is 473 g/mol. The molecular weight excluding hydrogens is 448 g/mol. The fourth-order valence-corrected chi connectivity index (χ4v) is 5.69. The number of anilines is 1. The van der Waals surface area contributed by atoms with Crippen LogP contribution in [0, 0.1) is 17.8 Å². The van der Waals surface area contributed by atoms with Gasteiger partial charge in [0.25, 0.3) is 5.91 Å². The van der Waals surface area contributed by atoms with Gasteiger partial charge in [0.1, 0.15) is 12.3 Å². The van der Waals surface area contributed by atoms with Crippen molar-refractivity contribution in [3.05, 3.63) is 71.4 Å². The molecule has 35 heavy (non-hydrogen) atoms. The first-order chi connectivity index (χ1) is 16.9. The van der Waals surface area contributed by atoms with Crippen molar-refractivity contribution >= 4 is 23.8 Å². The Morgan fingerprint density at radius 1 is 1.03 bits per heavy atom. The van der Waals surface area contributed by atoms with Crippen LogP contribution in [0.25, 0.3) is 11.1 Å². The summed E-state index contributed by atoms with van der Waals surface area (Å²) in [6.45, 7) is 1.04. The number of carboxylic acid groups (broad SMARTS) is 1. The van der Waals surface area contributed by atoms with Crippen molar-refractivity contribution in [2.24, 2.45) is 24.8 Å². The largest absolute Gasteiger partial charge is 0.481 e. The Morgan fingerprint density at radius 3 is 2.23 bits per heavy atom. The molecule has 0 bridgehead atoms. The van der Waals surface area contributed by atoms with E-state index in [-0.39, 0.29) is 42.0 Å². The number of piperidine rings is 1. The normalized spacial score (nSPS) is 21.7. The van der Waals surface area contributed by atoms with Gasteiger partial charge in [-0.1, -0.05) is 48.5 Å². The van der Waals surface area contributed by atoms with E-state index in [1.807, 2.05) is 24.3 Å². The molecule has 9 nitrogen and oxygen atoms in total. The highest BCUT2D eigenvalue weighted by Crippen LogP contribution is 2.52. The molecule has 1 aromatic heterocycles. The van der Waals surface area contributed by atoms with Crippen molar-refractivity contribution in [3.63, 3.8) is 0 Å². The van der Waals surface area contributed by atoms with Crippen LogP contribution in [0.5, 0.6) is 0 Å². The molecule has 1 saturated heterocycles. The second-order valence-electron chi connectivity index (χ2n) is 9.39. The Bertz CT molecular complexity index is 1310. The van der Waals surface area contributed by atoms with E-state index in [1.165, 1.54) is 10.7 Å². The topological polar surface area (TPSA) is 114 Å². The molecule has 0 spiro atoms. The first-order valence-corrected chi connectivity index (χ1v) is 11.6. The summed E-state index contributed by atoms with van der Waals surface area (Å²) in [5, 5.41) is 16.0. The van der Waals surface area contributed by atoms with Gasteiger partial charge in [0.05, 0.1) is 5.92 Å². The number of rotatable bonds is 5. The summed E-state index contributed by atoms with van der Waals surface area (Å²) in [4.78, 5) is 38.3. The first-order valence-electron chi connectivity index (χ1n) is 11.6. The number of ether oxygens (including phenoxy) is 1. The van der Waals surface area contributed by atoms with Gasteiger partial charge < -0.3 is 14.7 Å². The van der Waals surface area contributed by atoms with Crippen LogP contribution < -0.4 is 5.32 Å². The number of likely N-dealkylation sites (tertiary alicyclic amines) is 1. The van der Waals surface area contributed by atoms with Gasteiger partial charge in [0.2, 0.25) is 0 Å². The van der Waals surface area contributed by atoms with E-state index in [9.17, 15) is 19.5 Å². The molecule has 2 fully saturated rings. The Kier molecular flexibility index (Phi) is 4.87. The van der Waals surface area contributed by atoms with Crippen molar-refractivity contribution in [2.45, 2.75) is 5.92 Å². The van der Waals surface area contributed by atoms with Gasteiger partial charge >= 0.3 is 12.1 Å². The molecule has 3 aliphatic rings. The fraction of sp³-hybridized carbons (Fsp3) is 0.308. The number of aryl methyl sites for hydroxylation is 1. The summed E-state index contributed by atoms with van der Waals surface area (Å²) in [7, 11) is 1.63. The summed E-state index contributed by atoms with van der Waals surface area (Å²) in [6.07, 6.45) is -0.643. The maximum atomic E-state index is 12.9. The molecule has 2 atom stereocenters. The van der Waals surface area contributed by atoms with Gasteiger partial charge in [-0.15, -0.1) is 0 Å². The Hall–Kier alpha value is -4.14. The summed E-state index contributed by atoms with van der Waals surface area (Å²) >= 11 is 0. The predicted octanol–water partition coefficient (Wildman–Crippen LogP) is 3.18. The number of fused-ring (bicyclic) bond motifs is 4. The molecular formula is C26H24N4O5. The minimum absolute atomic E-state index is 0.0306. The van der Waals surface area contributed by atoms with Crippen molar-refractivity contribution in [3.8, 4) is 11.1 Å². The van der Waals surface area contributed by atoms with E-state index in [2.05, 4.69) is 34.7 Å². The van der Waals surface area contributed by atoms with Crippen LogP contribution >= 0.6 is 0 Å². The highest BCUT2D eigenvalue weighted by molar-refractivity contribution is 5.95. The van der Waals surface area contributed by atoms with Crippen molar-refractivity contribution in [1.82, 2.24) is 14.7 Å². The highest BCUT2D eigenvalue weighted by Gasteiger charge is 2.60. The molecule has 6 rings (SSSR count). The number of aromatic nitrogens is 2. The molecule has 2 aromatic carbocycles. The lowest BCUT2D eigenvalue weighted by molar-refractivity contribution is -0.139. The van der Waals surface area contributed by atoms with Crippen LogP contribution in [-0.2, 0) is 16.6 Å². The number of amides is 2. The number of nitrogens with one attached hydrogen (secondary N) is 1. The summed E-state index contributed by atoms with van der Waals surface area (Å²) < 4.78 is 6.97. The minimum Gasteiger partial charge on any atom is -0.481 e. The highest BCUT2D eigenvalue weighted by atomic mass is 16.5. The van der Waals surface area contributed by atoms with Crippen molar-refractivity contribution < 1.29 is 24.2 Å². The second-order valence-corrected chi connectivity index (χ2v) is 9.39. The molecule has 2 heterocycles. The van der Waals surface area contributed by atoms with Crippen LogP contribution in [0.2, 0.25) is 0 Å². The van der Waals surface area contributed by atoms with E-state index < -0.39 is 12.1 Å². The number of carboxylic acids is 1. The zero-order valence-corrected chi connectivity index (χ0v) is 19.0. The molecule has 2 unspecified atom stereocenters. The van der Waals surface area contributed by atoms with Gasteiger partial charge in [-0.05, 0) is 34.1 Å². The van der Waals surface area contributed by atoms with Crippen LogP contribution in [0.15, 0.2) is 54.6 Å². The van der Waals surface area contributed by atoms with Crippen LogP contribution in [-0.4, -0.2) is 57.5 Å². The van der Waals surface area contributed by atoms with E-state index in [4.69, 9.17) is 4.74 Å². The molecule has 2 amide bonds. The predicted molar refractivity (Wildman–Crippen MR) is 126 cm³/mol. The molecule has 9 heteroatoms. The molecule has 178 valence electrons. The lowest BCUT2D eigenvalue weighted by atomic mass is 9.98. The van der Waals surface area contributed by atoms with E-state index >= 15 is 0 Å². The minimum atomic E-state index is -0.790. The number of aliphatic carboxylic acids is 1. The first kappa shape index (κ1) is 21.4. The number of hydrogen-bond donors (Lipinski definition) is 2. The lowest BCUT2D eigenvalue weighted by Gasteiger charge is -2.18. The van der Waals surface area contributed by atoms with Crippen LogP contribution in [0.1, 0.15) is 27.5 Å². The average Bonchev–Trinajstić information content (AvgIpc) is 3.14. The second kappa shape index (κ2) is 7.97. The molecule has 1 aliphatic heterocycles. The fourth-order valence-electron chi connectivity index (χ4n) is 5.69. The number of nitrogens with zero attached hydrogens (tertiary/aromatic N) is 3. The third-order valence-electron chi connectivity index (χ3n) is 7.44. The molecule has 2 aliphatic carbocycles.